The summed E-state index contributed by atoms with van der Waals surface area (Å²) in [6, 6.07) is 0. The number of aliphatic hydroxyl groups is 2. The van der Waals surface area contributed by atoms with Gasteiger partial charge in [0, 0.05) is 0 Å². The predicted molar refractivity (Wildman–Crippen MR) is 62.3 cm³/mol. The molecule has 0 saturated carbocycles. The van der Waals surface area contributed by atoms with Crippen molar-refractivity contribution < 1.29 is 10.2 Å². The molecule has 0 atom stereocenters. The normalized spacial score (nSPS) is 17.6. The third-order valence-corrected chi connectivity index (χ3v) is 4.21. The Labute approximate surface area is 95.9 Å². The fourth-order valence-corrected chi connectivity index (χ4v) is 3.57. The summed E-state index contributed by atoms with van der Waals surface area (Å²) < 4.78 is 0. The number of benzene rings is 1. The first kappa shape index (κ1) is 10.3. The van der Waals surface area contributed by atoms with E-state index in [0.29, 0.717) is 0 Å². The second-order valence-electron chi connectivity index (χ2n) is 4.89. The second-order valence-corrected chi connectivity index (χ2v) is 4.89. The number of hydrogen-bond donors (Lipinski definition) is 2. The van der Waals surface area contributed by atoms with Crippen molar-refractivity contribution in [2.24, 2.45) is 0 Å². The van der Waals surface area contributed by atoms with E-state index in [2.05, 4.69) is 0 Å². The molecule has 2 nitrogen and oxygen atoms in total. The third kappa shape index (κ3) is 1.26. The Morgan fingerprint density at radius 3 is 1.38 bits per heavy atom. The Kier molecular flexibility index (Phi) is 2.49. The Hall–Kier alpha value is -0.860. The van der Waals surface area contributed by atoms with Crippen LogP contribution in [0.5, 0.6) is 0 Å². The molecule has 2 N–H and O–H groups in total. The van der Waals surface area contributed by atoms with Gasteiger partial charge in [-0.25, -0.2) is 0 Å². The van der Waals surface area contributed by atoms with Crippen LogP contribution in [0.25, 0.3) is 0 Å². The highest BCUT2D eigenvalue weighted by molar-refractivity contribution is 5.55. The summed E-state index contributed by atoms with van der Waals surface area (Å²) in [7, 11) is 0. The smallest absolute Gasteiger partial charge is 0.0688 e. The lowest BCUT2D eigenvalue weighted by Crippen LogP contribution is -2.07. The lowest BCUT2D eigenvalue weighted by molar-refractivity contribution is 0.258. The van der Waals surface area contributed by atoms with Gasteiger partial charge in [0.05, 0.1) is 13.2 Å². The summed E-state index contributed by atoms with van der Waals surface area (Å²) in [5.74, 6) is 0. The molecule has 3 rings (SSSR count). The van der Waals surface area contributed by atoms with Gasteiger partial charge in [-0.3, -0.25) is 0 Å². The van der Waals surface area contributed by atoms with Gasteiger partial charge in [-0.2, -0.15) is 0 Å². The van der Waals surface area contributed by atoms with Crippen LogP contribution in [0, 0.1) is 0 Å². The maximum absolute atomic E-state index is 9.53. The lowest BCUT2D eigenvalue weighted by Gasteiger charge is -2.17. The Morgan fingerprint density at radius 2 is 1.00 bits per heavy atom. The van der Waals surface area contributed by atoms with E-state index in [9.17, 15) is 10.2 Å². The minimum Gasteiger partial charge on any atom is -0.392 e. The van der Waals surface area contributed by atoms with Crippen LogP contribution in [0.4, 0.5) is 0 Å². The highest BCUT2D eigenvalue weighted by atomic mass is 16.3. The quantitative estimate of drug-likeness (QED) is 0.792. The summed E-state index contributed by atoms with van der Waals surface area (Å²) >= 11 is 0. The van der Waals surface area contributed by atoms with Crippen molar-refractivity contribution in [1.29, 1.82) is 0 Å². The molecule has 16 heavy (non-hydrogen) atoms. The van der Waals surface area contributed by atoms with Crippen LogP contribution in [0.3, 0.4) is 0 Å². The molecule has 0 saturated heterocycles. The summed E-state index contributed by atoms with van der Waals surface area (Å²) in [5.41, 5.74) is 7.80. The van der Waals surface area contributed by atoms with E-state index in [4.69, 9.17) is 0 Å². The van der Waals surface area contributed by atoms with Gasteiger partial charge in [0.25, 0.3) is 0 Å². The molecule has 0 fully saturated rings. The molecular formula is C14H18O2. The van der Waals surface area contributed by atoms with Crippen molar-refractivity contribution in [3.63, 3.8) is 0 Å². The molecule has 0 spiro atoms. The van der Waals surface area contributed by atoms with Crippen molar-refractivity contribution in [3.05, 3.63) is 33.4 Å². The van der Waals surface area contributed by atoms with Crippen LogP contribution in [0.1, 0.15) is 46.2 Å². The van der Waals surface area contributed by atoms with Crippen molar-refractivity contribution in [3.8, 4) is 0 Å². The van der Waals surface area contributed by atoms with Crippen molar-refractivity contribution >= 4 is 0 Å². The van der Waals surface area contributed by atoms with E-state index in [1.54, 1.807) is 0 Å². The largest absolute Gasteiger partial charge is 0.392 e. The van der Waals surface area contributed by atoms with E-state index in [-0.39, 0.29) is 13.2 Å². The van der Waals surface area contributed by atoms with Gasteiger partial charge in [0.1, 0.15) is 0 Å². The number of fused-ring (bicyclic) bond motifs is 3. The summed E-state index contributed by atoms with van der Waals surface area (Å²) in [5, 5.41) is 19.1. The number of rotatable bonds is 2. The molecule has 0 aliphatic heterocycles. The first-order valence-electron chi connectivity index (χ1n) is 6.25. The molecule has 2 aliphatic rings. The molecule has 1 aromatic carbocycles. The lowest BCUT2D eigenvalue weighted by atomic mass is 9.89. The minimum absolute atomic E-state index is 0.0888. The van der Waals surface area contributed by atoms with Crippen LogP contribution in [-0.4, -0.2) is 10.2 Å². The van der Waals surface area contributed by atoms with E-state index in [1.165, 1.54) is 47.9 Å². The Morgan fingerprint density at radius 1 is 0.625 bits per heavy atom. The molecule has 0 bridgehead atoms. The fourth-order valence-electron chi connectivity index (χ4n) is 3.57. The van der Waals surface area contributed by atoms with Gasteiger partial charge in [0.15, 0.2) is 0 Å². The van der Waals surface area contributed by atoms with Gasteiger partial charge in [-0.15, -0.1) is 0 Å². The van der Waals surface area contributed by atoms with Crippen LogP contribution in [0.15, 0.2) is 0 Å². The molecule has 0 radical (unpaired) electrons. The molecule has 0 aromatic heterocycles. The van der Waals surface area contributed by atoms with Crippen LogP contribution >= 0.6 is 0 Å². The average molecular weight is 218 g/mol. The van der Waals surface area contributed by atoms with Gasteiger partial charge < -0.3 is 10.2 Å². The van der Waals surface area contributed by atoms with Crippen molar-refractivity contribution in [2.75, 3.05) is 0 Å². The average Bonchev–Trinajstić information content (AvgIpc) is 2.93. The van der Waals surface area contributed by atoms with Crippen molar-refractivity contribution in [1.82, 2.24) is 0 Å². The Bertz CT molecular complexity index is 394. The summed E-state index contributed by atoms with van der Waals surface area (Å²) in [4.78, 5) is 0. The first-order valence-corrected chi connectivity index (χ1v) is 6.25. The molecule has 0 amide bonds. The highest BCUT2D eigenvalue weighted by Gasteiger charge is 2.27. The molecule has 86 valence electrons. The molecule has 2 aliphatic carbocycles. The zero-order valence-corrected chi connectivity index (χ0v) is 9.55. The van der Waals surface area contributed by atoms with E-state index in [1.807, 2.05) is 0 Å². The van der Waals surface area contributed by atoms with Gasteiger partial charge >= 0.3 is 0 Å². The molecule has 2 heteroatoms. The first-order chi connectivity index (χ1) is 7.86. The highest BCUT2D eigenvalue weighted by Crippen LogP contribution is 2.38. The number of aliphatic hydroxyl groups excluding tert-OH is 2. The van der Waals surface area contributed by atoms with Crippen molar-refractivity contribution in [2.45, 2.75) is 51.7 Å². The molecule has 0 unspecified atom stereocenters. The fraction of sp³-hybridized carbons (Fsp3) is 0.571. The monoisotopic (exact) mass is 218 g/mol. The van der Waals surface area contributed by atoms with E-state index >= 15 is 0 Å². The molecule has 1 aromatic rings. The van der Waals surface area contributed by atoms with E-state index in [0.717, 1.165) is 24.0 Å². The molecular weight excluding hydrogens is 200 g/mol. The second kappa shape index (κ2) is 3.86. The molecule has 0 heterocycles. The number of hydrogen-bond acceptors (Lipinski definition) is 2. The predicted octanol–water partition coefficient (Wildman–Crippen LogP) is 1.65. The maximum atomic E-state index is 9.53. The topological polar surface area (TPSA) is 40.5 Å². The van der Waals surface area contributed by atoms with E-state index < -0.39 is 0 Å². The SMILES string of the molecule is OCc1c(CO)c2c(c3c1CCC3)CCC2. The van der Waals surface area contributed by atoms with Crippen LogP contribution in [-0.2, 0) is 38.9 Å². The maximum Gasteiger partial charge on any atom is 0.0688 e. The summed E-state index contributed by atoms with van der Waals surface area (Å²) in [6.07, 6.45) is 6.96. The third-order valence-electron chi connectivity index (χ3n) is 4.21. The van der Waals surface area contributed by atoms with Gasteiger partial charge in [-0.05, 0) is 71.9 Å². The zero-order valence-electron chi connectivity index (χ0n) is 9.55. The zero-order chi connectivity index (χ0) is 11.1. The van der Waals surface area contributed by atoms with Gasteiger partial charge in [0.2, 0.25) is 0 Å². The van der Waals surface area contributed by atoms with Crippen LogP contribution < -0.4 is 0 Å². The summed E-state index contributed by atoms with van der Waals surface area (Å²) in [6.45, 7) is 0.178. The minimum atomic E-state index is 0.0888. The van der Waals surface area contributed by atoms with Gasteiger partial charge in [-0.1, -0.05) is 0 Å². The van der Waals surface area contributed by atoms with Crippen LogP contribution in [0.2, 0.25) is 0 Å². The Balaban J connectivity index is 2.29. The standard InChI is InChI=1S/C14H18O2/c15-7-13-11-5-1-3-9(11)10-4-2-6-12(10)14(13)8-16/h15-16H,1-8H2.